The molecule has 0 aliphatic carbocycles. The van der Waals surface area contributed by atoms with Crippen LogP contribution in [0.4, 0.5) is 0 Å². The lowest BCUT2D eigenvalue weighted by molar-refractivity contribution is 0.286. The van der Waals surface area contributed by atoms with E-state index in [-0.39, 0.29) is 22.9 Å². The number of sulfone groups is 1. The lowest BCUT2D eigenvalue weighted by Crippen LogP contribution is -2.51. The van der Waals surface area contributed by atoms with Crippen molar-refractivity contribution < 1.29 is 16.8 Å². The van der Waals surface area contributed by atoms with Crippen LogP contribution in [0.25, 0.3) is 0 Å². The van der Waals surface area contributed by atoms with Crippen LogP contribution in [0.2, 0.25) is 0 Å². The second kappa shape index (κ2) is 10.00. The van der Waals surface area contributed by atoms with Crippen LogP contribution < -0.4 is 5.32 Å². The second-order valence-electron chi connectivity index (χ2n) is 8.92. The van der Waals surface area contributed by atoms with Gasteiger partial charge in [-0.1, -0.05) is 78.4 Å². The van der Waals surface area contributed by atoms with Gasteiger partial charge in [0.05, 0.1) is 22.4 Å². The van der Waals surface area contributed by atoms with Crippen LogP contribution in [-0.2, 0) is 33.0 Å². The summed E-state index contributed by atoms with van der Waals surface area (Å²) >= 11 is 0. The lowest BCUT2D eigenvalue weighted by Gasteiger charge is -2.32. The van der Waals surface area contributed by atoms with E-state index in [1.54, 1.807) is 19.1 Å². The average molecular weight is 499 g/mol. The van der Waals surface area contributed by atoms with Gasteiger partial charge in [0.15, 0.2) is 9.84 Å². The summed E-state index contributed by atoms with van der Waals surface area (Å²) in [5.41, 5.74) is 3.43. The van der Waals surface area contributed by atoms with Gasteiger partial charge in [0.25, 0.3) is 0 Å². The highest BCUT2D eigenvalue weighted by Gasteiger charge is 2.45. The molecule has 0 unspecified atom stereocenters. The van der Waals surface area contributed by atoms with E-state index in [1.165, 1.54) is 4.31 Å². The average Bonchev–Trinajstić information content (AvgIpc) is 3.11. The van der Waals surface area contributed by atoms with E-state index >= 15 is 0 Å². The zero-order valence-corrected chi connectivity index (χ0v) is 21.0. The van der Waals surface area contributed by atoms with Gasteiger partial charge < -0.3 is 5.32 Å². The van der Waals surface area contributed by atoms with Crippen molar-refractivity contribution >= 4 is 19.9 Å². The Morgan fingerprint density at radius 2 is 1.50 bits per heavy atom. The van der Waals surface area contributed by atoms with Gasteiger partial charge in [0.2, 0.25) is 10.0 Å². The summed E-state index contributed by atoms with van der Waals surface area (Å²) in [6.45, 7) is 4.25. The number of rotatable bonds is 8. The summed E-state index contributed by atoms with van der Waals surface area (Å²) in [6.07, 6.45) is 0. The Balaban J connectivity index is 1.73. The molecule has 6 nitrogen and oxygen atoms in total. The highest BCUT2D eigenvalue weighted by molar-refractivity contribution is 7.92. The Kier molecular flexibility index (Phi) is 7.23. The van der Waals surface area contributed by atoms with Crippen molar-refractivity contribution in [3.05, 3.63) is 101 Å². The molecule has 2 atom stereocenters. The molecule has 0 aromatic heterocycles. The molecule has 1 aliphatic heterocycles. The van der Waals surface area contributed by atoms with E-state index in [4.69, 9.17) is 0 Å². The molecule has 0 bridgehead atoms. The number of aryl methyl sites for hydroxylation is 2. The van der Waals surface area contributed by atoms with Crippen molar-refractivity contribution in [3.63, 3.8) is 0 Å². The third kappa shape index (κ3) is 5.58. The predicted octanol–water partition coefficient (Wildman–Crippen LogP) is 3.45. The summed E-state index contributed by atoms with van der Waals surface area (Å²) in [4.78, 5) is 0.208. The Hall–Kier alpha value is -2.52. The molecule has 180 valence electrons. The van der Waals surface area contributed by atoms with Crippen molar-refractivity contribution in [2.45, 2.75) is 43.9 Å². The number of benzene rings is 3. The van der Waals surface area contributed by atoms with E-state index in [0.717, 1.165) is 16.7 Å². The molecule has 0 amide bonds. The minimum absolute atomic E-state index is 0.0974. The van der Waals surface area contributed by atoms with Crippen LogP contribution in [0.5, 0.6) is 0 Å². The molecule has 1 fully saturated rings. The zero-order valence-electron chi connectivity index (χ0n) is 19.4. The van der Waals surface area contributed by atoms with Crippen molar-refractivity contribution in [3.8, 4) is 0 Å². The van der Waals surface area contributed by atoms with Gasteiger partial charge in [-0.05, 0) is 36.6 Å². The first-order valence-corrected chi connectivity index (χ1v) is 14.5. The summed E-state index contributed by atoms with van der Waals surface area (Å²) in [5, 5.41) is 3.33. The SMILES string of the molecule is Cc1ccc(S(=O)(=O)N(Cc2ccccc2)[C@@H]2CS(=O)(=O)C[C@@H]2NCc2ccccc2)c(C)c1. The molecule has 1 heterocycles. The van der Waals surface area contributed by atoms with E-state index in [1.807, 2.05) is 73.7 Å². The van der Waals surface area contributed by atoms with E-state index in [2.05, 4.69) is 5.32 Å². The maximum Gasteiger partial charge on any atom is 0.243 e. The molecular weight excluding hydrogens is 468 g/mol. The zero-order chi connectivity index (χ0) is 24.3. The second-order valence-corrected chi connectivity index (χ2v) is 12.9. The van der Waals surface area contributed by atoms with Crippen LogP contribution in [0.15, 0.2) is 83.8 Å². The standard InChI is InChI=1S/C26H30N2O4S2/c1-20-13-14-26(21(2)15-20)34(31,32)28(17-23-11-7-4-8-12-23)25-19-33(29,30)18-24(25)27-16-22-9-5-3-6-10-22/h3-15,24-25,27H,16-19H2,1-2H3/t24-,25+/m0/s1. The number of nitrogens with zero attached hydrogens (tertiary/aromatic N) is 1. The van der Waals surface area contributed by atoms with Gasteiger partial charge in [0.1, 0.15) is 0 Å². The van der Waals surface area contributed by atoms with E-state index < -0.39 is 31.9 Å². The van der Waals surface area contributed by atoms with Crippen LogP contribution in [0.1, 0.15) is 22.3 Å². The first-order chi connectivity index (χ1) is 16.2. The van der Waals surface area contributed by atoms with Crippen LogP contribution in [-0.4, -0.2) is 44.7 Å². The van der Waals surface area contributed by atoms with E-state index in [0.29, 0.717) is 12.1 Å². The molecular formula is C26H30N2O4S2. The third-order valence-corrected chi connectivity index (χ3v) is 9.95. The highest BCUT2D eigenvalue weighted by Crippen LogP contribution is 2.29. The van der Waals surface area contributed by atoms with Crippen LogP contribution in [0, 0.1) is 13.8 Å². The summed E-state index contributed by atoms with van der Waals surface area (Å²) in [6, 6.07) is 23.0. The molecule has 3 aromatic carbocycles. The van der Waals surface area contributed by atoms with E-state index in [9.17, 15) is 16.8 Å². The number of hydrogen-bond acceptors (Lipinski definition) is 5. The Bertz CT molecular complexity index is 1340. The van der Waals surface area contributed by atoms with Gasteiger partial charge in [-0.25, -0.2) is 16.8 Å². The molecule has 0 spiro atoms. The topological polar surface area (TPSA) is 83.6 Å². The minimum Gasteiger partial charge on any atom is -0.307 e. The number of hydrogen-bond donors (Lipinski definition) is 1. The highest BCUT2D eigenvalue weighted by atomic mass is 32.2. The first kappa shape index (κ1) is 24.6. The molecule has 1 aliphatic rings. The van der Waals surface area contributed by atoms with Gasteiger partial charge >= 0.3 is 0 Å². The van der Waals surface area contributed by atoms with Crippen molar-refractivity contribution in [2.75, 3.05) is 11.5 Å². The first-order valence-electron chi connectivity index (χ1n) is 11.3. The molecule has 0 saturated carbocycles. The monoisotopic (exact) mass is 498 g/mol. The Labute approximate surface area is 202 Å². The smallest absolute Gasteiger partial charge is 0.243 e. The van der Waals surface area contributed by atoms with Gasteiger partial charge in [-0.2, -0.15) is 4.31 Å². The molecule has 8 heteroatoms. The number of sulfonamides is 1. The van der Waals surface area contributed by atoms with Gasteiger partial charge in [0, 0.05) is 19.1 Å². The van der Waals surface area contributed by atoms with Crippen molar-refractivity contribution in [2.24, 2.45) is 0 Å². The van der Waals surface area contributed by atoms with Gasteiger partial charge in [-0.15, -0.1) is 0 Å². The molecule has 4 rings (SSSR count). The predicted molar refractivity (Wildman–Crippen MR) is 135 cm³/mol. The fourth-order valence-electron chi connectivity index (χ4n) is 4.51. The minimum atomic E-state index is -3.97. The normalized spacial score (nSPS) is 20.0. The number of nitrogens with one attached hydrogen (secondary N) is 1. The maximum absolute atomic E-state index is 14.0. The fraction of sp³-hybridized carbons (Fsp3) is 0.308. The molecule has 1 saturated heterocycles. The third-order valence-electron chi connectivity index (χ3n) is 6.20. The molecule has 0 radical (unpaired) electrons. The van der Waals surface area contributed by atoms with Crippen molar-refractivity contribution in [1.82, 2.24) is 9.62 Å². The quantitative estimate of drug-likeness (QED) is 0.514. The summed E-state index contributed by atoms with van der Waals surface area (Å²) in [7, 11) is -7.38. The van der Waals surface area contributed by atoms with Crippen molar-refractivity contribution in [1.29, 1.82) is 0 Å². The van der Waals surface area contributed by atoms with Crippen LogP contribution >= 0.6 is 0 Å². The van der Waals surface area contributed by atoms with Crippen LogP contribution in [0.3, 0.4) is 0 Å². The summed E-state index contributed by atoms with van der Waals surface area (Å²) in [5.74, 6) is -0.311. The molecule has 3 aromatic rings. The Morgan fingerprint density at radius 3 is 2.12 bits per heavy atom. The largest absolute Gasteiger partial charge is 0.307 e. The molecule has 1 N–H and O–H groups in total. The van der Waals surface area contributed by atoms with Gasteiger partial charge in [-0.3, -0.25) is 0 Å². The molecule has 34 heavy (non-hydrogen) atoms. The summed E-state index contributed by atoms with van der Waals surface area (Å²) < 4.78 is 54.8. The Morgan fingerprint density at radius 1 is 0.882 bits per heavy atom. The fourth-order valence-corrected chi connectivity index (χ4v) is 8.42. The lowest BCUT2D eigenvalue weighted by atomic mass is 10.1. The maximum atomic E-state index is 14.0.